The highest BCUT2D eigenvalue weighted by Gasteiger charge is 2.50. The number of rotatable bonds is 4. The molecule has 3 rings (SSSR count). The van der Waals surface area contributed by atoms with Gasteiger partial charge in [-0.3, -0.25) is 0 Å². The number of nitrogens with zero attached hydrogens (tertiary/aromatic N) is 5. The van der Waals surface area contributed by atoms with Crippen LogP contribution in [-0.2, 0) is 10.0 Å². The number of alkyl halides is 3. The normalized spacial score (nSPS) is 17.9. The molecular weight excluding hydrogens is 361 g/mol. The number of aryl methyl sites for hydroxylation is 1. The van der Waals surface area contributed by atoms with Gasteiger partial charge in [-0.15, -0.1) is 15.3 Å². The number of aromatic nitrogens is 4. The summed E-state index contributed by atoms with van der Waals surface area (Å²) < 4.78 is 62.5. The van der Waals surface area contributed by atoms with Crippen molar-refractivity contribution >= 4 is 21.5 Å². The molecule has 3 heterocycles. The molecular formula is C13H17F3N6O2S. The van der Waals surface area contributed by atoms with E-state index in [2.05, 4.69) is 20.6 Å². The van der Waals surface area contributed by atoms with Gasteiger partial charge in [0.05, 0.1) is 0 Å². The average Bonchev–Trinajstić information content (AvgIpc) is 2.93. The van der Waals surface area contributed by atoms with Gasteiger partial charge in [0.15, 0.2) is 11.5 Å². The molecule has 25 heavy (non-hydrogen) atoms. The number of fused-ring (bicyclic) bond motifs is 1. The van der Waals surface area contributed by atoms with Crippen molar-refractivity contribution in [3.63, 3.8) is 0 Å². The van der Waals surface area contributed by atoms with E-state index < -0.39 is 15.5 Å². The molecule has 0 aliphatic carbocycles. The summed E-state index contributed by atoms with van der Waals surface area (Å²) in [4.78, 5) is 0. The molecule has 0 aromatic carbocycles. The zero-order valence-electron chi connectivity index (χ0n) is 13.4. The second-order valence-corrected chi connectivity index (χ2v) is 7.84. The first-order chi connectivity index (χ1) is 11.7. The largest absolute Gasteiger partial charge is 0.511 e. The standard InChI is InChI=1S/C13H17F3N6O2S/c1-9-18-19-12-3-2-11(20-22(9)12)17-8-10-4-6-21(7-5-10)25(23,24)13(14,15)16/h2-3,10H,4-8H2,1H3,(H,17,20). The van der Waals surface area contributed by atoms with Gasteiger partial charge in [0.1, 0.15) is 5.82 Å². The lowest BCUT2D eigenvalue weighted by Gasteiger charge is -2.31. The van der Waals surface area contributed by atoms with Crippen LogP contribution in [0.5, 0.6) is 0 Å². The van der Waals surface area contributed by atoms with Crippen molar-refractivity contribution in [3.8, 4) is 0 Å². The maximum absolute atomic E-state index is 12.6. The van der Waals surface area contributed by atoms with Crippen LogP contribution in [0.15, 0.2) is 12.1 Å². The van der Waals surface area contributed by atoms with Gasteiger partial charge in [0, 0.05) is 19.6 Å². The Kier molecular flexibility index (Phi) is 4.58. The SMILES string of the molecule is Cc1nnc2ccc(NCC3CCN(S(=O)(=O)C(F)(F)F)CC3)nn12. The Labute approximate surface area is 142 Å². The molecule has 2 aromatic rings. The van der Waals surface area contributed by atoms with E-state index in [4.69, 9.17) is 0 Å². The molecule has 0 bridgehead atoms. The van der Waals surface area contributed by atoms with Crippen molar-refractivity contribution in [2.75, 3.05) is 25.0 Å². The summed E-state index contributed by atoms with van der Waals surface area (Å²) in [5.74, 6) is 1.31. The first-order valence-electron chi connectivity index (χ1n) is 7.68. The maximum atomic E-state index is 12.6. The third-order valence-corrected chi connectivity index (χ3v) is 5.83. The van der Waals surface area contributed by atoms with Crippen LogP contribution < -0.4 is 5.32 Å². The Morgan fingerprint density at radius 3 is 2.56 bits per heavy atom. The number of piperidine rings is 1. The molecule has 0 radical (unpaired) electrons. The summed E-state index contributed by atoms with van der Waals surface area (Å²) in [5, 5.41) is 15.3. The Hall–Kier alpha value is -1.95. The van der Waals surface area contributed by atoms with Crippen molar-refractivity contribution in [2.24, 2.45) is 5.92 Å². The molecule has 12 heteroatoms. The van der Waals surface area contributed by atoms with E-state index in [1.807, 2.05) is 0 Å². The van der Waals surface area contributed by atoms with E-state index in [1.165, 1.54) is 0 Å². The molecule has 138 valence electrons. The fraction of sp³-hybridized carbons (Fsp3) is 0.615. The molecule has 1 fully saturated rings. The summed E-state index contributed by atoms with van der Waals surface area (Å²) in [6.45, 7) is 2.00. The Bertz CT molecular complexity index is 858. The van der Waals surface area contributed by atoms with Crippen molar-refractivity contribution < 1.29 is 21.6 Å². The van der Waals surface area contributed by atoms with Gasteiger partial charge in [-0.25, -0.2) is 8.42 Å². The number of halogens is 3. The van der Waals surface area contributed by atoms with Crippen molar-refractivity contribution in [2.45, 2.75) is 25.3 Å². The van der Waals surface area contributed by atoms with Crippen LogP contribution >= 0.6 is 0 Å². The van der Waals surface area contributed by atoms with Gasteiger partial charge in [-0.05, 0) is 37.8 Å². The topological polar surface area (TPSA) is 92.5 Å². The van der Waals surface area contributed by atoms with Crippen LogP contribution in [0.4, 0.5) is 19.0 Å². The van der Waals surface area contributed by atoms with Gasteiger partial charge in [0.2, 0.25) is 0 Å². The van der Waals surface area contributed by atoms with Gasteiger partial charge in [-0.1, -0.05) is 0 Å². The molecule has 0 saturated carbocycles. The molecule has 0 amide bonds. The molecule has 1 aliphatic rings. The minimum atomic E-state index is -5.24. The lowest BCUT2D eigenvalue weighted by molar-refractivity contribution is -0.0496. The van der Waals surface area contributed by atoms with Crippen molar-refractivity contribution in [1.82, 2.24) is 24.1 Å². The Balaban J connectivity index is 1.56. The van der Waals surface area contributed by atoms with Gasteiger partial charge in [0.25, 0.3) is 0 Å². The maximum Gasteiger partial charge on any atom is 0.511 e. The van der Waals surface area contributed by atoms with E-state index in [9.17, 15) is 21.6 Å². The Morgan fingerprint density at radius 2 is 1.92 bits per heavy atom. The summed E-state index contributed by atoms with van der Waals surface area (Å²) >= 11 is 0. The highest BCUT2D eigenvalue weighted by Crippen LogP contribution is 2.30. The number of sulfonamides is 1. The van der Waals surface area contributed by atoms with Gasteiger partial charge < -0.3 is 5.32 Å². The molecule has 2 aromatic heterocycles. The smallest absolute Gasteiger partial charge is 0.368 e. The Morgan fingerprint density at radius 1 is 1.24 bits per heavy atom. The summed E-state index contributed by atoms with van der Waals surface area (Å²) in [6.07, 6.45) is 0.715. The van der Waals surface area contributed by atoms with Crippen LogP contribution in [0.3, 0.4) is 0 Å². The van der Waals surface area contributed by atoms with Gasteiger partial charge in [-0.2, -0.15) is 22.0 Å². The molecule has 8 nitrogen and oxygen atoms in total. The second-order valence-electron chi connectivity index (χ2n) is 5.91. The second kappa shape index (κ2) is 6.41. The minimum absolute atomic E-state index is 0.0687. The quantitative estimate of drug-likeness (QED) is 0.865. The van der Waals surface area contributed by atoms with Crippen molar-refractivity contribution in [3.05, 3.63) is 18.0 Å². The summed E-state index contributed by atoms with van der Waals surface area (Å²) in [5.41, 5.74) is -4.62. The van der Waals surface area contributed by atoms with E-state index >= 15 is 0 Å². The van der Waals surface area contributed by atoms with Crippen LogP contribution in [0.1, 0.15) is 18.7 Å². The summed E-state index contributed by atoms with van der Waals surface area (Å²) in [6, 6.07) is 3.50. The first kappa shape index (κ1) is 17.9. The monoisotopic (exact) mass is 378 g/mol. The van der Waals surface area contributed by atoms with Crippen LogP contribution in [0, 0.1) is 12.8 Å². The molecule has 0 spiro atoms. The molecule has 1 aliphatic heterocycles. The lowest BCUT2D eigenvalue weighted by Crippen LogP contribution is -2.45. The summed E-state index contributed by atoms with van der Waals surface area (Å²) in [7, 11) is -5.23. The van der Waals surface area contributed by atoms with Crippen LogP contribution in [0.25, 0.3) is 5.65 Å². The molecule has 0 atom stereocenters. The minimum Gasteiger partial charge on any atom is -0.368 e. The van der Waals surface area contributed by atoms with E-state index in [0.717, 1.165) is 0 Å². The van der Waals surface area contributed by atoms with E-state index in [0.29, 0.717) is 41.0 Å². The molecule has 1 N–H and O–H groups in total. The third kappa shape index (κ3) is 3.54. The predicted octanol–water partition coefficient (Wildman–Crippen LogP) is 1.41. The molecule has 0 unspecified atom stereocenters. The van der Waals surface area contributed by atoms with Crippen LogP contribution in [-0.4, -0.2) is 57.7 Å². The van der Waals surface area contributed by atoms with Crippen molar-refractivity contribution in [1.29, 1.82) is 0 Å². The molecule has 1 saturated heterocycles. The number of anilines is 1. The highest BCUT2D eigenvalue weighted by molar-refractivity contribution is 7.90. The number of hydrogen-bond donors (Lipinski definition) is 1. The fourth-order valence-electron chi connectivity index (χ4n) is 2.74. The zero-order chi connectivity index (χ0) is 18.2. The van der Waals surface area contributed by atoms with Crippen LogP contribution in [0.2, 0.25) is 0 Å². The fourth-order valence-corrected chi connectivity index (χ4v) is 3.72. The van der Waals surface area contributed by atoms with Gasteiger partial charge >= 0.3 is 15.5 Å². The number of nitrogens with one attached hydrogen (secondary N) is 1. The zero-order valence-corrected chi connectivity index (χ0v) is 14.2. The average molecular weight is 378 g/mol. The predicted molar refractivity (Wildman–Crippen MR) is 83.3 cm³/mol. The lowest BCUT2D eigenvalue weighted by atomic mass is 9.98. The van der Waals surface area contributed by atoms with E-state index in [-0.39, 0.29) is 19.0 Å². The third-order valence-electron chi connectivity index (χ3n) is 4.20. The first-order valence-corrected chi connectivity index (χ1v) is 9.12. The number of hydrogen-bond acceptors (Lipinski definition) is 6. The highest BCUT2D eigenvalue weighted by atomic mass is 32.2. The van der Waals surface area contributed by atoms with E-state index in [1.54, 1.807) is 23.6 Å².